The van der Waals surface area contributed by atoms with E-state index in [2.05, 4.69) is 5.32 Å². The van der Waals surface area contributed by atoms with Crippen molar-refractivity contribution in [3.63, 3.8) is 0 Å². The van der Waals surface area contributed by atoms with Crippen molar-refractivity contribution in [2.24, 2.45) is 0 Å². The molecule has 1 aliphatic rings. The highest BCUT2D eigenvalue weighted by Gasteiger charge is 2.14. The number of carbonyl (C=O) groups excluding carboxylic acids is 1. The van der Waals surface area contributed by atoms with E-state index < -0.39 is 0 Å². The first kappa shape index (κ1) is 13.9. The average molecular weight is 271 g/mol. The molecule has 0 saturated carbocycles. The summed E-state index contributed by atoms with van der Waals surface area (Å²) in [4.78, 5) is 14.0. The van der Waals surface area contributed by atoms with Gasteiger partial charge in [0.2, 0.25) is 0 Å². The molecule has 1 N–H and O–H groups in total. The standard InChI is InChI=1S/C15H17N3O2/c1-20-14-6-4-13(5-7-14)17-15(19)12(10-16)11-18-8-2-3-9-18/h4-7,11H,2-3,8-9H2,1H3,(H,17,19)/b12-11-. The van der Waals surface area contributed by atoms with Gasteiger partial charge in [-0.25, -0.2) is 0 Å². The van der Waals surface area contributed by atoms with Crippen LogP contribution in [-0.4, -0.2) is 31.0 Å². The largest absolute Gasteiger partial charge is 0.497 e. The number of hydrogen-bond acceptors (Lipinski definition) is 4. The Balaban J connectivity index is 2.03. The molecule has 5 nitrogen and oxygen atoms in total. The van der Waals surface area contributed by atoms with Gasteiger partial charge in [0.15, 0.2) is 0 Å². The maximum Gasteiger partial charge on any atom is 0.267 e. The lowest BCUT2D eigenvalue weighted by Crippen LogP contribution is -2.18. The minimum atomic E-state index is -0.385. The van der Waals surface area contributed by atoms with Gasteiger partial charge in [0, 0.05) is 25.0 Å². The van der Waals surface area contributed by atoms with E-state index >= 15 is 0 Å². The second-order valence-corrected chi connectivity index (χ2v) is 4.58. The van der Waals surface area contributed by atoms with E-state index in [1.165, 1.54) is 0 Å². The number of anilines is 1. The van der Waals surface area contributed by atoms with Gasteiger partial charge >= 0.3 is 0 Å². The highest BCUT2D eigenvalue weighted by atomic mass is 16.5. The van der Waals surface area contributed by atoms with Gasteiger partial charge in [0.05, 0.1) is 7.11 Å². The van der Waals surface area contributed by atoms with Crippen molar-refractivity contribution in [2.75, 3.05) is 25.5 Å². The van der Waals surface area contributed by atoms with E-state index in [0.29, 0.717) is 5.69 Å². The molecule has 1 aliphatic heterocycles. The number of methoxy groups -OCH3 is 1. The predicted octanol–water partition coefficient (Wildman–Crippen LogP) is 2.14. The Kier molecular flexibility index (Phi) is 4.61. The number of nitrogens with one attached hydrogen (secondary N) is 1. The van der Waals surface area contributed by atoms with Gasteiger partial charge in [-0.1, -0.05) is 0 Å². The third-order valence-electron chi connectivity index (χ3n) is 3.17. The maximum atomic E-state index is 12.0. The Hall–Kier alpha value is -2.48. The minimum Gasteiger partial charge on any atom is -0.497 e. The molecular weight excluding hydrogens is 254 g/mol. The number of amides is 1. The van der Waals surface area contributed by atoms with Gasteiger partial charge in [-0.05, 0) is 37.1 Å². The fourth-order valence-corrected chi connectivity index (χ4v) is 2.06. The molecule has 2 rings (SSSR count). The summed E-state index contributed by atoms with van der Waals surface area (Å²) < 4.78 is 5.05. The molecule has 0 radical (unpaired) electrons. The normalized spacial score (nSPS) is 14.8. The molecule has 1 aromatic rings. The van der Waals surface area contributed by atoms with Crippen molar-refractivity contribution in [3.05, 3.63) is 36.0 Å². The summed E-state index contributed by atoms with van der Waals surface area (Å²) in [6.45, 7) is 1.81. The van der Waals surface area contributed by atoms with Crippen molar-refractivity contribution >= 4 is 11.6 Å². The molecule has 0 atom stereocenters. The predicted molar refractivity (Wildman–Crippen MR) is 76.1 cm³/mol. The van der Waals surface area contributed by atoms with E-state index in [1.807, 2.05) is 11.0 Å². The van der Waals surface area contributed by atoms with Crippen LogP contribution in [0, 0.1) is 11.3 Å². The third-order valence-corrected chi connectivity index (χ3v) is 3.17. The summed E-state index contributed by atoms with van der Waals surface area (Å²) in [5.41, 5.74) is 0.765. The summed E-state index contributed by atoms with van der Waals surface area (Å²) in [5.74, 6) is 0.334. The molecule has 1 amide bonds. The van der Waals surface area contributed by atoms with Crippen LogP contribution in [-0.2, 0) is 4.79 Å². The molecule has 0 bridgehead atoms. The molecule has 0 spiro atoms. The Morgan fingerprint density at radius 1 is 1.35 bits per heavy atom. The molecule has 1 aromatic carbocycles. The SMILES string of the molecule is COc1ccc(NC(=O)/C(C#N)=C\N2CCCC2)cc1. The zero-order chi connectivity index (χ0) is 14.4. The van der Waals surface area contributed by atoms with Crippen LogP contribution in [0.15, 0.2) is 36.0 Å². The lowest BCUT2D eigenvalue weighted by atomic mass is 10.2. The second-order valence-electron chi connectivity index (χ2n) is 4.58. The third kappa shape index (κ3) is 3.51. The number of benzene rings is 1. The highest BCUT2D eigenvalue weighted by molar-refractivity contribution is 6.06. The number of likely N-dealkylation sites (tertiary alicyclic amines) is 1. The molecule has 1 saturated heterocycles. The zero-order valence-corrected chi connectivity index (χ0v) is 11.4. The molecule has 0 aromatic heterocycles. The fourth-order valence-electron chi connectivity index (χ4n) is 2.06. The lowest BCUT2D eigenvalue weighted by Gasteiger charge is -2.12. The molecule has 104 valence electrons. The van der Waals surface area contributed by atoms with Crippen molar-refractivity contribution in [1.29, 1.82) is 5.26 Å². The van der Waals surface area contributed by atoms with Gasteiger partial charge in [-0.3, -0.25) is 4.79 Å². The zero-order valence-electron chi connectivity index (χ0n) is 11.4. The highest BCUT2D eigenvalue weighted by Crippen LogP contribution is 2.16. The van der Waals surface area contributed by atoms with Gasteiger partial charge in [0.25, 0.3) is 5.91 Å². The van der Waals surface area contributed by atoms with Crippen molar-refractivity contribution < 1.29 is 9.53 Å². The first-order valence-corrected chi connectivity index (χ1v) is 6.54. The summed E-state index contributed by atoms with van der Waals surface area (Å²) in [6, 6.07) is 8.94. The van der Waals surface area contributed by atoms with Crippen LogP contribution in [0.3, 0.4) is 0 Å². The summed E-state index contributed by atoms with van der Waals surface area (Å²) >= 11 is 0. The minimum absolute atomic E-state index is 0.128. The van der Waals surface area contributed by atoms with E-state index in [9.17, 15) is 4.79 Å². The van der Waals surface area contributed by atoms with Gasteiger partial charge < -0.3 is 15.0 Å². The number of rotatable bonds is 4. The van der Waals surface area contributed by atoms with Crippen molar-refractivity contribution in [2.45, 2.75) is 12.8 Å². The molecule has 20 heavy (non-hydrogen) atoms. The second kappa shape index (κ2) is 6.62. The maximum absolute atomic E-state index is 12.0. The smallest absolute Gasteiger partial charge is 0.267 e. The number of nitrogens with zero attached hydrogens (tertiary/aromatic N) is 2. The van der Waals surface area contributed by atoms with Gasteiger partial charge in [0.1, 0.15) is 17.4 Å². The Morgan fingerprint density at radius 2 is 2.00 bits per heavy atom. The van der Waals surface area contributed by atoms with Crippen LogP contribution in [0.25, 0.3) is 0 Å². The molecule has 1 heterocycles. The number of carbonyl (C=O) groups is 1. The van der Waals surface area contributed by atoms with E-state index in [0.717, 1.165) is 31.7 Å². The molecule has 0 aliphatic carbocycles. The summed E-state index contributed by atoms with van der Waals surface area (Å²) in [6.07, 6.45) is 3.86. The first-order valence-electron chi connectivity index (χ1n) is 6.54. The van der Waals surface area contributed by atoms with Gasteiger partial charge in [-0.2, -0.15) is 5.26 Å². The Labute approximate surface area is 118 Å². The lowest BCUT2D eigenvalue weighted by molar-refractivity contribution is -0.112. The Morgan fingerprint density at radius 3 is 2.55 bits per heavy atom. The van der Waals surface area contributed by atoms with Crippen molar-refractivity contribution in [3.8, 4) is 11.8 Å². The fraction of sp³-hybridized carbons (Fsp3) is 0.333. The van der Waals surface area contributed by atoms with Crippen LogP contribution < -0.4 is 10.1 Å². The van der Waals surface area contributed by atoms with Crippen LogP contribution >= 0.6 is 0 Å². The molecular formula is C15H17N3O2. The molecule has 0 unspecified atom stereocenters. The summed E-state index contributed by atoms with van der Waals surface area (Å²) in [5, 5.41) is 11.8. The van der Waals surface area contributed by atoms with Crippen molar-refractivity contribution in [1.82, 2.24) is 4.90 Å². The van der Waals surface area contributed by atoms with Crippen LogP contribution in [0.1, 0.15) is 12.8 Å². The topological polar surface area (TPSA) is 65.4 Å². The van der Waals surface area contributed by atoms with Crippen LogP contribution in [0.4, 0.5) is 5.69 Å². The summed E-state index contributed by atoms with van der Waals surface area (Å²) in [7, 11) is 1.58. The number of ether oxygens (including phenoxy) is 1. The van der Waals surface area contributed by atoms with Crippen LogP contribution in [0.5, 0.6) is 5.75 Å². The number of nitriles is 1. The Bertz CT molecular complexity index is 537. The first-order chi connectivity index (χ1) is 9.72. The number of hydrogen-bond donors (Lipinski definition) is 1. The average Bonchev–Trinajstić information content (AvgIpc) is 2.98. The van der Waals surface area contributed by atoms with E-state index in [-0.39, 0.29) is 11.5 Å². The van der Waals surface area contributed by atoms with E-state index in [1.54, 1.807) is 37.6 Å². The van der Waals surface area contributed by atoms with Gasteiger partial charge in [-0.15, -0.1) is 0 Å². The monoisotopic (exact) mass is 271 g/mol. The molecule has 1 fully saturated rings. The van der Waals surface area contributed by atoms with Crippen LogP contribution in [0.2, 0.25) is 0 Å². The molecule has 5 heteroatoms. The quantitative estimate of drug-likeness (QED) is 0.673. The van der Waals surface area contributed by atoms with E-state index in [4.69, 9.17) is 10.00 Å².